The van der Waals surface area contributed by atoms with Gasteiger partial charge in [-0.1, -0.05) is 23.2 Å². The Balaban J connectivity index is 2.40. The van der Waals surface area contributed by atoms with Crippen LogP contribution in [0, 0.1) is 0 Å². The molecule has 6 heteroatoms. The highest BCUT2D eigenvalue weighted by Gasteiger charge is 2.16. The molecule has 0 amide bonds. The van der Waals surface area contributed by atoms with Gasteiger partial charge in [-0.3, -0.25) is 0 Å². The average molecular weight is 262 g/mol. The smallest absolute Gasteiger partial charge is 0.122 e. The third kappa shape index (κ3) is 1.97. The molecule has 0 aromatic carbocycles. The molecule has 0 aliphatic rings. The third-order valence-electron chi connectivity index (χ3n) is 2.20. The van der Waals surface area contributed by atoms with Crippen molar-refractivity contribution < 1.29 is 0 Å². The molecule has 1 unspecified atom stereocenters. The van der Waals surface area contributed by atoms with E-state index in [1.807, 2.05) is 13.0 Å². The Hall–Kier alpha value is -0.710. The van der Waals surface area contributed by atoms with E-state index >= 15 is 0 Å². The fourth-order valence-electron chi connectivity index (χ4n) is 1.42. The highest BCUT2D eigenvalue weighted by atomic mass is 35.5. The maximum atomic E-state index is 6.06. The van der Waals surface area contributed by atoms with Gasteiger partial charge in [-0.25, -0.2) is 4.68 Å². The number of nitrogens with zero attached hydrogens (tertiary/aromatic N) is 2. The standard InChI is InChI=1S/C9H9Cl2N3S/c1-5(14-8(12)2-3-13-14)6-4-7(10)15-9(6)11/h2-5H,12H2,1H3. The predicted molar refractivity (Wildman–Crippen MR) is 64.8 cm³/mol. The van der Waals surface area contributed by atoms with Crippen molar-refractivity contribution in [2.24, 2.45) is 0 Å². The Bertz CT molecular complexity index is 477. The van der Waals surface area contributed by atoms with Crippen molar-refractivity contribution in [3.63, 3.8) is 0 Å². The lowest BCUT2D eigenvalue weighted by Gasteiger charge is -2.12. The van der Waals surface area contributed by atoms with Crippen molar-refractivity contribution in [3.8, 4) is 0 Å². The van der Waals surface area contributed by atoms with E-state index < -0.39 is 0 Å². The lowest BCUT2D eigenvalue weighted by atomic mass is 10.2. The second-order valence-corrected chi connectivity index (χ2v) is 5.44. The molecule has 0 radical (unpaired) electrons. The molecule has 2 rings (SSSR count). The van der Waals surface area contributed by atoms with Crippen LogP contribution in [0.4, 0.5) is 5.82 Å². The molecular weight excluding hydrogens is 253 g/mol. The molecular formula is C9H9Cl2N3S. The molecule has 0 bridgehead atoms. The number of hydrogen-bond donors (Lipinski definition) is 1. The Morgan fingerprint density at radius 2 is 2.27 bits per heavy atom. The van der Waals surface area contributed by atoms with E-state index in [9.17, 15) is 0 Å². The predicted octanol–water partition coefficient (Wildman–Crippen LogP) is 3.44. The summed E-state index contributed by atoms with van der Waals surface area (Å²) in [6.07, 6.45) is 1.66. The van der Waals surface area contributed by atoms with Crippen LogP contribution in [0.2, 0.25) is 8.67 Å². The molecule has 80 valence electrons. The first-order valence-electron chi connectivity index (χ1n) is 4.33. The Morgan fingerprint density at radius 1 is 1.53 bits per heavy atom. The largest absolute Gasteiger partial charge is 0.384 e. The lowest BCUT2D eigenvalue weighted by molar-refractivity contribution is 0.575. The van der Waals surface area contributed by atoms with Crippen molar-refractivity contribution in [1.82, 2.24) is 9.78 Å². The van der Waals surface area contributed by atoms with Gasteiger partial charge < -0.3 is 5.73 Å². The summed E-state index contributed by atoms with van der Waals surface area (Å²) in [5.41, 5.74) is 6.71. The topological polar surface area (TPSA) is 43.8 Å². The van der Waals surface area contributed by atoms with E-state index in [1.54, 1.807) is 16.9 Å². The Kier molecular flexibility index (Phi) is 2.91. The summed E-state index contributed by atoms with van der Waals surface area (Å²) in [5, 5.41) is 4.14. The van der Waals surface area contributed by atoms with Crippen molar-refractivity contribution >= 4 is 40.4 Å². The number of hydrogen-bond acceptors (Lipinski definition) is 3. The monoisotopic (exact) mass is 261 g/mol. The number of nitrogen functional groups attached to an aromatic ring is 1. The van der Waals surface area contributed by atoms with Gasteiger partial charge in [-0.2, -0.15) is 5.10 Å². The highest BCUT2D eigenvalue weighted by molar-refractivity contribution is 7.20. The number of thiophene rings is 1. The van der Waals surface area contributed by atoms with Crippen LogP contribution in [0.25, 0.3) is 0 Å². The van der Waals surface area contributed by atoms with Gasteiger partial charge in [0, 0.05) is 5.56 Å². The number of rotatable bonds is 2. The van der Waals surface area contributed by atoms with Crippen LogP contribution in [-0.4, -0.2) is 9.78 Å². The van der Waals surface area contributed by atoms with Gasteiger partial charge in [0.15, 0.2) is 0 Å². The van der Waals surface area contributed by atoms with Crippen molar-refractivity contribution in [2.45, 2.75) is 13.0 Å². The third-order valence-corrected chi connectivity index (χ3v) is 3.72. The molecule has 0 aliphatic carbocycles. The second kappa shape index (κ2) is 4.04. The maximum absolute atomic E-state index is 6.06. The van der Waals surface area contributed by atoms with Crippen molar-refractivity contribution in [1.29, 1.82) is 0 Å². The van der Waals surface area contributed by atoms with E-state index in [-0.39, 0.29) is 6.04 Å². The zero-order valence-electron chi connectivity index (χ0n) is 7.95. The van der Waals surface area contributed by atoms with Crippen molar-refractivity contribution in [3.05, 3.63) is 32.6 Å². The van der Waals surface area contributed by atoms with Crippen LogP contribution in [-0.2, 0) is 0 Å². The average Bonchev–Trinajstić information content (AvgIpc) is 2.71. The number of aromatic nitrogens is 2. The summed E-state index contributed by atoms with van der Waals surface area (Å²) in [6.45, 7) is 1.98. The zero-order chi connectivity index (χ0) is 11.0. The quantitative estimate of drug-likeness (QED) is 0.900. The summed E-state index contributed by atoms with van der Waals surface area (Å²) in [7, 11) is 0. The van der Waals surface area contributed by atoms with E-state index in [2.05, 4.69) is 5.10 Å². The fraction of sp³-hybridized carbons (Fsp3) is 0.222. The van der Waals surface area contributed by atoms with Gasteiger partial charge in [-0.05, 0) is 19.1 Å². The zero-order valence-corrected chi connectivity index (χ0v) is 10.3. The lowest BCUT2D eigenvalue weighted by Crippen LogP contribution is -2.10. The SMILES string of the molecule is CC(c1cc(Cl)sc1Cl)n1nccc1N. The van der Waals surface area contributed by atoms with Gasteiger partial charge in [0.2, 0.25) is 0 Å². The molecule has 0 aliphatic heterocycles. The number of nitrogens with two attached hydrogens (primary N) is 1. The van der Waals surface area contributed by atoms with Gasteiger partial charge in [0.05, 0.1) is 20.9 Å². The molecule has 2 heterocycles. The molecule has 2 aromatic rings. The molecule has 0 spiro atoms. The first kappa shape index (κ1) is 10.8. The minimum absolute atomic E-state index is 0.00347. The van der Waals surface area contributed by atoms with Crippen LogP contribution >= 0.6 is 34.5 Å². The molecule has 2 N–H and O–H groups in total. The Labute approximate surface area is 101 Å². The van der Waals surface area contributed by atoms with E-state index in [1.165, 1.54) is 11.3 Å². The summed E-state index contributed by atoms with van der Waals surface area (Å²) >= 11 is 13.3. The summed E-state index contributed by atoms with van der Waals surface area (Å²) in [5.74, 6) is 0.612. The van der Waals surface area contributed by atoms with E-state index in [0.717, 1.165) is 5.56 Å². The molecule has 2 aromatic heterocycles. The Morgan fingerprint density at radius 3 is 2.73 bits per heavy atom. The van der Waals surface area contributed by atoms with Gasteiger partial charge in [0.25, 0.3) is 0 Å². The first-order valence-corrected chi connectivity index (χ1v) is 5.90. The maximum Gasteiger partial charge on any atom is 0.122 e. The molecule has 0 saturated carbocycles. The normalized spacial score (nSPS) is 13.0. The minimum atomic E-state index is -0.00347. The van der Waals surface area contributed by atoms with E-state index in [0.29, 0.717) is 14.5 Å². The number of halogens is 2. The first-order chi connectivity index (χ1) is 7.09. The summed E-state index contributed by atoms with van der Waals surface area (Å²) in [6, 6.07) is 3.59. The minimum Gasteiger partial charge on any atom is -0.384 e. The molecule has 0 fully saturated rings. The van der Waals surface area contributed by atoms with E-state index in [4.69, 9.17) is 28.9 Å². The van der Waals surface area contributed by atoms with Crippen LogP contribution in [0.5, 0.6) is 0 Å². The van der Waals surface area contributed by atoms with Crippen LogP contribution in [0.1, 0.15) is 18.5 Å². The van der Waals surface area contributed by atoms with Crippen molar-refractivity contribution in [2.75, 3.05) is 5.73 Å². The highest BCUT2D eigenvalue weighted by Crippen LogP contribution is 2.36. The second-order valence-electron chi connectivity index (χ2n) is 3.16. The number of anilines is 1. The fourth-order valence-corrected chi connectivity index (χ4v) is 3.05. The van der Waals surface area contributed by atoms with Gasteiger partial charge in [-0.15, -0.1) is 11.3 Å². The molecule has 3 nitrogen and oxygen atoms in total. The van der Waals surface area contributed by atoms with Crippen LogP contribution in [0.15, 0.2) is 18.3 Å². The summed E-state index contributed by atoms with van der Waals surface area (Å²) in [4.78, 5) is 0. The van der Waals surface area contributed by atoms with Crippen LogP contribution in [0.3, 0.4) is 0 Å². The molecule has 1 atom stereocenters. The van der Waals surface area contributed by atoms with Gasteiger partial charge >= 0.3 is 0 Å². The van der Waals surface area contributed by atoms with Crippen LogP contribution < -0.4 is 5.73 Å². The summed E-state index contributed by atoms with van der Waals surface area (Å²) < 4.78 is 3.07. The molecule has 0 saturated heterocycles. The molecule has 15 heavy (non-hydrogen) atoms. The van der Waals surface area contributed by atoms with Gasteiger partial charge in [0.1, 0.15) is 5.82 Å².